The van der Waals surface area contributed by atoms with E-state index in [1.807, 2.05) is 19.0 Å². The first kappa shape index (κ1) is 10.9. The van der Waals surface area contributed by atoms with Gasteiger partial charge in [-0.1, -0.05) is 5.21 Å². The molecule has 1 heterocycles. The summed E-state index contributed by atoms with van der Waals surface area (Å²) in [5.74, 6) is 5.04. The molecule has 1 aromatic rings. The lowest BCUT2D eigenvalue weighted by Gasteiger charge is -2.16. The Morgan fingerprint density at radius 1 is 1.43 bits per heavy atom. The molecule has 0 bridgehead atoms. The first-order valence-electron chi connectivity index (χ1n) is 4.34. The lowest BCUT2D eigenvalue weighted by molar-refractivity contribution is 0.400. The Labute approximate surface area is 81.8 Å². The lowest BCUT2D eigenvalue weighted by Crippen LogP contribution is -2.34. The third-order valence-corrected chi connectivity index (χ3v) is 1.77. The number of hydrogen-bond acceptors (Lipinski definition) is 5. The monoisotopic (exact) mass is 202 g/mol. The Balaban J connectivity index is 2.36. The number of halogens is 1. The van der Waals surface area contributed by atoms with E-state index in [0.717, 1.165) is 13.0 Å². The van der Waals surface area contributed by atoms with Gasteiger partial charge in [0.25, 0.3) is 5.95 Å². The standard InChI is InChI=1S/C7H15FN6/c1-13(2)4-3-5-14(9)7-6(8)10-12-11-7/h3-5,9H2,1-2H3,(H,10,11,12). The van der Waals surface area contributed by atoms with Gasteiger partial charge in [-0.25, -0.2) is 10.9 Å². The number of nitrogens with zero attached hydrogens (tertiary/aromatic N) is 4. The Morgan fingerprint density at radius 2 is 2.14 bits per heavy atom. The van der Waals surface area contributed by atoms with E-state index in [4.69, 9.17) is 5.84 Å². The normalized spacial score (nSPS) is 10.9. The van der Waals surface area contributed by atoms with Gasteiger partial charge in [-0.3, -0.25) is 5.01 Å². The molecule has 0 aliphatic heterocycles. The quantitative estimate of drug-likeness (QED) is 0.501. The second-order valence-electron chi connectivity index (χ2n) is 3.30. The molecule has 0 saturated heterocycles. The maximum absolute atomic E-state index is 12.9. The van der Waals surface area contributed by atoms with Crippen LogP contribution in [0.5, 0.6) is 0 Å². The summed E-state index contributed by atoms with van der Waals surface area (Å²) in [6.07, 6.45) is 0.843. The second-order valence-corrected chi connectivity index (χ2v) is 3.30. The third-order valence-electron chi connectivity index (χ3n) is 1.77. The highest BCUT2D eigenvalue weighted by Crippen LogP contribution is 2.08. The van der Waals surface area contributed by atoms with E-state index < -0.39 is 5.95 Å². The number of aromatic nitrogens is 3. The zero-order chi connectivity index (χ0) is 10.6. The zero-order valence-electron chi connectivity index (χ0n) is 8.37. The zero-order valence-corrected chi connectivity index (χ0v) is 8.37. The summed E-state index contributed by atoms with van der Waals surface area (Å²) >= 11 is 0. The van der Waals surface area contributed by atoms with Crippen molar-refractivity contribution in [2.45, 2.75) is 6.42 Å². The summed E-state index contributed by atoms with van der Waals surface area (Å²) in [6, 6.07) is 0. The number of anilines is 1. The molecule has 0 aliphatic carbocycles. The number of nitrogens with two attached hydrogens (primary N) is 1. The Bertz CT molecular complexity index is 273. The van der Waals surface area contributed by atoms with Gasteiger partial charge in [-0.15, -0.1) is 5.10 Å². The van der Waals surface area contributed by atoms with Crippen molar-refractivity contribution < 1.29 is 4.39 Å². The molecule has 1 rings (SSSR count). The number of nitrogens with one attached hydrogen (secondary N) is 1. The van der Waals surface area contributed by atoms with Crippen LogP contribution in [0.2, 0.25) is 0 Å². The predicted molar refractivity (Wildman–Crippen MR) is 51.0 cm³/mol. The highest BCUT2D eigenvalue weighted by Gasteiger charge is 2.11. The van der Waals surface area contributed by atoms with Crippen LogP contribution < -0.4 is 10.9 Å². The van der Waals surface area contributed by atoms with Crippen LogP contribution in [0.15, 0.2) is 0 Å². The maximum Gasteiger partial charge on any atom is 0.254 e. The molecule has 7 heteroatoms. The van der Waals surface area contributed by atoms with Crippen molar-refractivity contribution in [1.29, 1.82) is 0 Å². The minimum Gasteiger partial charge on any atom is -0.309 e. The number of aromatic amines is 1. The smallest absolute Gasteiger partial charge is 0.254 e. The lowest BCUT2D eigenvalue weighted by atomic mass is 10.4. The highest BCUT2D eigenvalue weighted by atomic mass is 19.1. The van der Waals surface area contributed by atoms with Crippen LogP contribution >= 0.6 is 0 Å². The van der Waals surface area contributed by atoms with Crippen molar-refractivity contribution >= 4 is 5.82 Å². The van der Waals surface area contributed by atoms with Crippen molar-refractivity contribution in [2.24, 2.45) is 5.84 Å². The van der Waals surface area contributed by atoms with E-state index in [1.54, 1.807) is 0 Å². The van der Waals surface area contributed by atoms with Gasteiger partial charge < -0.3 is 4.90 Å². The Hall–Kier alpha value is -1.21. The first-order valence-corrected chi connectivity index (χ1v) is 4.34. The van der Waals surface area contributed by atoms with Crippen molar-refractivity contribution in [1.82, 2.24) is 20.3 Å². The molecule has 1 aromatic heterocycles. The fourth-order valence-electron chi connectivity index (χ4n) is 1.06. The van der Waals surface area contributed by atoms with Gasteiger partial charge in [0.05, 0.1) is 0 Å². The molecule has 3 N–H and O–H groups in total. The van der Waals surface area contributed by atoms with E-state index in [9.17, 15) is 4.39 Å². The van der Waals surface area contributed by atoms with Gasteiger partial charge in [-0.05, 0) is 27.1 Å². The molecule has 0 spiro atoms. The van der Waals surface area contributed by atoms with Crippen molar-refractivity contribution in [3.05, 3.63) is 5.95 Å². The fourth-order valence-corrected chi connectivity index (χ4v) is 1.06. The highest BCUT2D eigenvalue weighted by molar-refractivity contribution is 5.32. The SMILES string of the molecule is CN(C)CCCN(N)c1nn[nH]c1F. The molecular formula is C7H15FN6. The molecule has 0 amide bonds. The topological polar surface area (TPSA) is 74.1 Å². The maximum atomic E-state index is 12.9. The van der Waals surface area contributed by atoms with Crippen LogP contribution in [0.1, 0.15) is 6.42 Å². The van der Waals surface area contributed by atoms with Crippen LogP contribution in [0.25, 0.3) is 0 Å². The summed E-state index contributed by atoms with van der Waals surface area (Å²) in [4.78, 5) is 2.03. The molecule has 6 nitrogen and oxygen atoms in total. The van der Waals surface area contributed by atoms with Crippen molar-refractivity contribution in [3.63, 3.8) is 0 Å². The van der Waals surface area contributed by atoms with Crippen LogP contribution in [0.4, 0.5) is 10.2 Å². The van der Waals surface area contributed by atoms with Crippen LogP contribution in [0, 0.1) is 5.95 Å². The second kappa shape index (κ2) is 4.87. The van der Waals surface area contributed by atoms with E-state index in [0.29, 0.717) is 6.54 Å². The molecule has 0 unspecified atom stereocenters. The number of H-pyrrole nitrogens is 1. The fraction of sp³-hybridized carbons (Fsp3) is 0.714. The van der Waals surface area contributed by atoms with Crippen LogP contribution in [-0.4, -0.2) is 47.5 Å². The van der Waals surface area contributed by atoms with Gasteiger partial charge in [0.2, 0.25) is 5.82 Å². The predicted octanol–water partition coefficient (Wildman–Crippen LogP) is -0.424. The van der Waals surface area contributed by atoms with Gasteiger partial charge in [0, 0.05) is 6.54 Å². The van der Waals surface area contributed by atoms with E-state index in [2.05, 4.69) is 15.4 Å². The van der Waals surface area contributed by atoms with Crippen LogP contribution in [-0.2, 0) is 0 Å². The number of rotatable bonds is 5. The molecule has 80 valence electrons. The Morgan fingerprint density at radius 3 is 2.64 bits per heavy atom. The number of hydrogen-bond donors (Lipinski definition) is 2. The van der Waals surface area contributed by atoms with Crippen molar-refractivity contribution in [2.75, 3.05) is 32.2 Å². The molecule has 0 radical (unpaired) electrons. The number of hydrazine groups is 1. The summed E-state index contributed by atoms with van der Waals surface area (Å²) in [7, 11) is 3.94. The summed E-state index contributed by atoms with van der Waals surface area (Å²) < 4.78 is 12.9. The molecule has 0 atom stereocenters. The summed E-state index contributed by atoms with van der Waals surface area (Å²) in [5, 5.41) is 10.2. The van der Waals surface area contributed by atoms with Crippen LogP contribution in [0.3, 0.4) is 0 Å². The van der Waals surface area contributed by atoms with Gasteiger partial charge in [0.1, 0.15) is 0 Å². The largest absolute Gasteiger partial charge is 0.309 e. The molecule has 0 aromatic carbocycles. The minimum atomic E-state index is -0.600. The van der Waals surface area contributed by atoms with E-state index >= 15 is 0 Å². The molecular weight excluding hydrogens is 187 g/mol. The average molecular weight is 202 g/mol. The minimum absolute atomic E-state index is 0.0590. The molecule has 14 heavy (non-hydrogen) atoms. The van der Waals surface area contributed by atoms with Gasteiger partial charge >= 0.3 is 0 Å². The van der Waals surface area contributed by atoms with E-state index in [-0.39, 0.29) is 5.82 Å². The first-order chi connectivity index (χ1) is 6.61. The van der Waals surface area contributed by atoms with Gasteiger partial charge in [-0.2, -0.15) is 4.39 Å². The summed E-state index contributed by atoms with van der Waals surface area (Å²) in [5.41, 5.74) is 0. The third kappa shape index (κ3) is 2.93. The average Bonchev–Trinajstić information content (AvgIpc) is 2.50. The van der Waals surface area contributed by atoms with E-state index in [1.165, 1.54) is 5.01 Å². The van der Waals surface area contributed by atoms with Crippen molar-refractivity contribution in [3.8, 4) is 0 Å². The molecule has 0 fully saturated rings. The summed E-state index contributed by atoms with van der Waals surface area (Å²) in [6.45, 7) is 1.44. The molecule has 0 aliphatic rings. The molecule has 0 saturated carbocycles. The van der Waals surface area contributed by atoms with Gasteiger partial charge in [0.15, 0.2) is 0 Å². The Kier molecular flexibility index (Phi) is 3.78.